The van der Waals surface area contributed by atoms with E-state index < -0.39 is 0 Å². The largest absolute Gasteiger partial charge is 0.461 e. The van der Waals surface area contributed by atoms with Crippen molar-refractivity contribution in [2.75, 3.05) is 44.4 Å². The summed E-state index contributed by atoms with van der Waals surface area (Å²) < 4.78 is 10.6. The molecule has 0 rings (SSSR count). The van der Waals surface area contributed by atoms with E-state index in [1.165, 1.54) is 51.4 Å². The lowest BCUT2D eigenvalue weighted by atomic mass is 10.1. The smallest absolute Gasteiger partial charge is 0.306 e. The molecule has 2 N–H and O–H groups in total. The Morgan fingerprint density at radius 2 is 1.02 bits per heavy atom. The van der Waals surface area contributed by atoms with Gasteiger partial charge in [-0.15, -0.1) is 0 Å². The lowest BCUT2D eigenvalue weighted by molar-refractivity contribution is -0.143. The highest BCUT2D eigenvalue weighted by Gasteiger charge is 2.13. The summed E-state index contributed by atoms with van der Waals surface area (Å²) in [6.07, 6.45) is 32.1. The number of hydrogen-bond acceptors (Lipinski definition) is 7. The van der Waals surface area contributed by atoms with Gasteiger partial charge in [-0.2, -0.15) is 11.8 Å². The molecule has 0 aromatic carbocycles. The molecule has 1 amide bonds. The maximum atomic E-state index is 12.9. The van der Waals surface area contributed by atoms with E-state index in [1.807, 2.05) is 17.1 Å². The second-order valence-electron chi connectivity index (χ2n) is 12.6. The number of esters is 2. The molecule has 0 aromatic heterocycles. The topological polar surface area (TPSA) is 98.9 Å². The van der Waals surface area contributed by atoms with Crippen molar-refractivity contribution in [1.82, 2.24) is 4.90 Å². The van der Waals surface area contributed by atoms with Crippen LogP contribution in [0, 0.1) is 0 Å². The fourth-order valence-electron chi connectivity index (χ4n) is 5.18. The summed E-state index contributed by atoms with van der Waals surface area (Å²) in [7, 11) is 0. The van der Waals surface area contributed by atoms with Crippen LogP contribution in [0.4, 0.5) is 0 Å². The van der Waals surface area contributed by atoms with Gasteiger partial charge in [-0.3, -0.25) is 14.4 Å². The highest BCUT2D eigenvalue weighted by molar-refractivity contribution is 7.99. The van der Waals surface area contributed by atoms with E-state index in [1.54, 1.807) is 11.8 Å². The maximum Gasteiger partial charge on any atom is 0.306 e. The van der Waals surface area contributed by atoms with E-state index in [9.17, 15) is 14.4 Å². The van der Waals surface area contributed by atoms with Crippen LogP contribution in [0.2, 0.25) is 0 Å². The summed E-state index contributed by atoms with van der Waals surface area (Å²) in [5.41, 5.74) is 5.60. The van der Waals surface area contributed by atoms with Gasteiger partial charge < -0.3 is 20.1 Å². The van der Waals surface area contributed by atoms with E-state index in [0.29, 0.717) is 38.4 Å². The van der Waals surface area contributed by atoms with Gasteiger partial charge in [0.15, 0.2) is 0 Å². The Kier molecular flexibility index (Phi) is 35.6. The zero-order valence-electron chi connectivity index (χ0n) is 30.5. The third-order valence-electron chi connectivity index (χ3n) is 8.15. The molecular weight excluding hydrogens is 609 g/mol. The number of ether oxygens (including phenoxy) is 2. The first-order valence-electron chi connectivity index (χ1n) is 19.2. The van der Waals surface area contributed by atoms with Crippen LogP contribution in [-0.4, -0.2) is 67.1 Å². The molecule has 0 aliphatic carbocycles. The average Bonchev–Trinajstić information content (AvgIpc) is 3.07. The monoisotopic (exact) mass is 681 g/mol. The number of thioether (sulfide) groups is 1. The molecule has 0 atom stereocenters. The van der Waals surface area contributed by atoms with Gasteiger partial charge in [0, 0.05) is 25.9 Å². The van der Waals surface area contributed by atoms with Crippen LogP contribution in [-0.2, 0) is 23.9 Å². The normalized spacial score (nSPS) is 11.5. The van der Waals surface area contributed by atoms with Gasteiger partial charge in [0.2, 0.25) is 5.91 Å². The molecule has 0 fully saturated rings. The highest BCUT2D eigenvalue weighted by Crippen LogP contribution is 2.12. The van der Waals surface area contributed by atoms with E-state index >= 15 is 0 Å². The second kappa shape index (κ2) is 37.0. The van der Waals surface area contributed by atoms with Crippen molar-refractivity contribution >= 4 is 29.6 Å². The van der Waals surface area contributed by atoms with Crippen LogP contribution in [0.15, 0.2) is 24.3 Å². The van der Waals surface area contributed by atoms with Crippen LogP contribution in [0.25, 0.3) is 0 Å². The summed E-state index contributed by atoms with van der Waals surface area (Å²) in [6, 6.07) is 0. The Morgan fingerprint density at radius 3 is 1.49 bits per heavy atom. The summed E-state index contributed by atoms with van der Waals surface area (Å²) in [4.78, 5) is 38.9. The van der Waals surface area contributed by atoms with Gasteiger partial charge in [0.05, 0.1) is 5.75 Å². The minimum Gasteiger partial charge on any atom is -0.461 e. The van der Waals surface area contributed by atoms with Crippen LogP contribution in [0.1, 0.15) is 162 Å². The van der Waals surface area contributed by atoms with Crippen LogP contribution in [0.3, 0.4) is 0 Å². The molecule has 0 aliphatic rings. The number of allylic oxidation sites excluding steroid dienone is 2. The number of hydrogen-bond donors (Lipinski definition) is 1. The number of carbonyl (C=O) groups is 3. The van der Waals surface area contributed by atoms with Crippen LogP contribution in [0.5, 0.6) is 0 Å². The molecule has 47 heavy (non-hydrogen) atoms. The lowest BCUT2D eigenvalue weighted by Crippen LogP contribution is -2.34. The molecule has 274 valence electrons. The minimum absolute atomic E-state index is 0.110. The van der Waals surface area contributed by atoms with Gasteiger partial charge in [0.25, 0.3) is 0 Å². The molecule has 7 nitrogen and oxygen atoms in total. The van der Waals surface area contributed by atoms with E-state index in [0.717, 1.165) is 102 Å². The Hall–Kier alpha value is -1.80. The minimum atomic E-state index is -0.110. The number of nitrogens with zero attached hydrogens (tertiary/aromatic N) is 1. The van der Waals surface area contributed by atoms with Crippen molar-refractivity contribution in [3.05, 3.63) is 24.3 Å². The Labute approximate surface area is 293 Å². The van der Waals surface area contributed by atoms with Gasteiger partial charge in [-0.05, 0) is 70.1 Å². The summed E-state index contributed by atoms with van der Waals surface area (Å²) >= 11 is 1.68. The Bertz CT molecular complexity index is 737. The Balaban J connectivity index is 4.06. The molecule has 0 bridgehead atoms. The van der Waals surface area contributed by atoms with Crippen molar-refractivity contribution in [3.63, 3.8) is 0 Å². The summed E-state index contributed by atoms with van der Waals surface area (Å²) in [5, 5.41) is 0. The van der Waals surface area contributed by atoms with Crippen LogP contribution >= 0.6 is 11.8 Å². The number of unbranched alkanes of at least 4 members (excludes halogenated alkanes) is 16. The molecule has 0 radical (unpaired) electrons. The molecule has 0 unspecified atom stereocenters. The molecule has 0 saturated heterocycles. The zero-order chi connectivity index (χ0) is 34.5. The van der Waals surface area contributed by atoms with Crippen molar-refractivity contribution < 1.29 is 23.9 Å². The van der Waals surface area contributed by atoms with Gasteiger partial charge >= 0.3 is 11.9 Å². The molecule has 0 heterocycles. The van der Waals surface area contributed by atoms with Crippen molar-refractivity contribution in [2.45, 2.75) is 162 Å². The zero-order valence-corrected chi connectivity index (χ0v) is 31.3. The first-order chi connectivity index (χ1) is 23.0. The first-order valence-corrected chi connectivity index (χ1v) is 20.4. The van der Waals surface area contributed by atoms with Gasteiger partial charge in [-0.25, -0.2) is 0 Å². The molecule has 0 saturated carbocycles. The highest BCUT2D eigenvalue weighted by atomic mass is 32.2. The molecule has 8 heteroatoms. The van der Waals surface area contributed by atoms with Crippen molar-refractivity contribution in [2.24, 2.45) is 5.73 Å². The number of rotatable bonds is 35. The third-order valence-corrected chi connectivity index (χ3v) is 9.18. The van der Waals surface area contributed by atoms with Crippen LogP contribution < -0.4 is 5.73 Å². The second-order valence-corrected chi connectivity index (χ2v) is 13.7. The summed E-state index contributed by atoms with van der Waals surface area (Å²) in [6.45, 7) is 7.44. The SMILES string of the molecule is CCCCCC/C=C\COC(=O)CCCCCCCN(CCCCCCCC(=O)OC/C=C\CCCCCC)C(=O)CSCCCN. The average molecular weight is 681 g/mol. The van der Waals surface area contributed by atoms with Gasteiger partial charge in [-0.1, -0.05) is 115 Å². The van der Waals surface area contributed by atoms with E-state index in [-0.39, 0.29) is 17.8 Å². The summed E-state index contributed by atoms with van der Waals surface area (Å²) in [5.74, 6) is 1.45. The van der Waals surface area contributed by atoms with E-state index in [2.05, 4.69) is 26.0 Å². The van der Waals surface area contributed by atoms with Crippen molar-refractivity contribution in [1.29, 1.82) is 0 Å². The van der Waals surface area contributed by atoms with E-state index in [4.69, 9.17) is 15.2 Å². The molecule has 0 aromatic rings. The third kappa shape index (κ3) is 33.9. The Morgan fingerprint density at radius 1 is 0.574 bits per heavy atom. The molecular formula is C39H72N2O5S. The predicted octanol–water partition coefficient (Wildman–Crippen LogP) is 9.72. The number of amides is 1. The quantitative estimate of drug-likeness (QED) is 0.0404. The fourth-order valence-corrected chi connectivity index (χ4v) is 6.05. The predicted molar refractivity (Wildman–Crippen MR) is 201 cm³/mol. The standard InChI is InChI=1S/C39H72N2O5S/c1-3-5-7-9-11-19-25-33-45-38(43)28-21-15-13-17-23-31-41(37(42)36-47-35-27-30-40)32-24-18-14-16-22-29-39(44)46-34-26-20-12-10-8-6-4-2/h19-20,25-26H,3-18,21-24,27-36,40H2,1-2H3/b25-19-,26-20-. The first kappa shape index (κ1) is 45.2. The molecule has 0 spiro atoms. The van der Waals surface area contributed by atoms with Crippen molar-refractivity contribution in [3.8, 4) is 0 Å². The van der Waals surface area contributed by atoms with Gasteiger partial charge in [0.1, 0.15) is 13.2 Å². The number of carbonyl (C=O) groups excluding carboxylic acids is 3. The lowest BCUT2D eigenvalue weighted by Gasteiger charge is -2.23. The maximum absolute atomic E-state index is 12.9. The fraction of sp³-hybridized carbons (Fsp3) is 0.821. The molecule has 0 aliphatic heterocycles. The number of nitrogens with two attached hydrogens (primary N) is 1.